The van der Waals surface area contributed by atoms with E-state index in [0.717, 1.165) is 31.1 Å². The third-order valence-corrected chi connectivity index (χ3v) is 9.37. The lowest BCUT2D eigenvalue weighted by Crippen LogP contribution is -2.56. The Balaban J connectivity index is 1.66. The molecule has 23 heavy (non-hydrogen) atoms. The van der Waals surface area contributed by atoms with E-state index in [0.29, 0.717) is 23.0 Å². The Labute approximate surface area is 141 Å². The fourth-order valence-electron chi connectivity index (χ4n) is 7.65. The summed E-state index contributed by atoms with van der Waals surface area (Å²) in [4.78, 5) is 12.2. The summed E-state index contributed by atoms with van der Waals surface area (Å²) >= 11 is 0. The van der Waals surface area contributed by atoms with Gasteiger partial charge in [0.05, 0.1) is 5.60 Å². The maximum absolute atomic E-state index is 12.2. The van der Waals surface area contributed by atoms with Gasteiger partial charge in [-0.2, -0.15) is 0 Å². The average Bonchev–Trinajstić information content (AvgIpc) is 2.71. The van der Waals surface area contributed by atoms with Crippen LogP contribution in [-0.2, 0) is 4.79 Å². The van der Waals surface area contributed by atoms with Crippen LogP contribution in [0.15, 0.2) is 0 Å². The lowest BCUT2D eigenvalue weighted by atomic mass is 9.44. The Morgan fingerprint density at radius 3 is 2.43 bits per heavy atom. The molecule has 0 aromatic rings. The number of hydrogen-bond acceptors (Lipinski definition) is 2. The van der Waals surface area contributed by atoms with Crippen LogP contribution in [0.4, 0.5) is 0 Å². The summed E-state index contributed by atoms with van der Waals surface area (Å²) in [6.07, 6.45) is 9.11. The second-order valence-corrected chi connectivity index (χ2v) is 10.2. The molecule has 4 rings (SSSR count). The Kier molecular flexibility index (Phi) is 3.39. The zero-order valence-corrected chi connectivity index (χ0v) is 15.4. The Morgan fingerprint density at radius 1 is 1.00 bits per heavy atom. The molecule has 0 aliphatic heterocycles. The van der Waals surface area contributed by atoms with E-state index in [1.165, 1.54) is 32.1 Å². The molecule has 4 fully saturated rings. The number of ketones is 1. The number of Topliss-reactive ketones (excluding diaryl/α,β-unsaturated/α-hetero) is 1. The van der Waals surface area contributed by atoms with E-state index < -0.39 is 5.60 Å². The molecule has 0 heterocycles. The van der Waals surface area contributed by atoms with Crippen molar-refractivity contribution in [3.63, 3.8) is 0 Å². The number of aliphatic hydroxyl groups is 1. The Hall–Kier alpha value is -0.370. The van der Waals surface area contributed by atoms with Gasteiger partial charge in [-0.25, -0.2) is 0 Å². The minimum atomic E-state index is -0.476. The van der Waals surface area contributed by atoms with Crippen LogP contribution < -0.4 is 0 Å². The predicted octanol–water partition coefficient (Wildman–Crippen LogP) is 4.60. The molecule has 0 radical (unpaired) electrons. The molecule has 4 saturated carbocycles. The fourth-order valence-corrected chi connectivity index (χ4v) is 7.65. The van der Waals surface area contributed by atoms with Crippen LogP contribution in [0.3, 0.4) is 0 Å². The van der Waals surface area contributed by atoms with Gasteiger partial charge in [-0.1, -0.05) is 20.8 Å². The van der Waals surface area contributed by atoms with Crippen LogP contribution in [0, 0.1) is 40.4 Å². The quantitative estimate of drug-likeness (QED) is 0.709. The summed E-state index contributed by atoms with van der Waals surface area (Å²) in [7, 11) is 0. The molecule has 0 bridgehead atoms. The van der Waals surface area contributed by atoms with Crippen LogP contribution in [-0.4, -0.2) is 16.5 Å². The molecular formula is C21H34O2. The zero-order chi connectivity index (χ0) is 16.6. The minimum absolute atomic E-state index is 0.119. The van der Waals surface area contributed by atoms with E-state index in [9.17, 15) is 9.90 Å². The number of carbonyl (C=O) groups is 1. The highest BCUT2D eigenvalue weighted by Crippen LogP contribution is 2.68. The fraction of sp³-hybridized carbons (Fsp3) is 0.952. The zero-order valence-electron chi connectivity index (χ0n) is 15.4. The summed E-state index contributed by atoms with van der Waals surface area (Å²) in [6.45, 7) is 9.11. The number of carbonyl (C=O) groups excluding carboxylic acids is 1. The van der Waals surface area contributed by atoms with Gasteiger partial charge in [0.1, 0.15) is 5.78 Å². The largest absolute Gasteiger partial charge is 0.390 e. The second-order valence-electron chi connectivity index (χ2n) is 10.2. The van der Waals surface area contributed by atoms with Crippen molar-refractivity contribution in [3.8, 4) is 0 Å². The maximum atomic E-state index is 12.2. The van der Waals surface area contributed by atoms with E-state index in [1.54, 1.807) is 0 Å². The molecule has 2 heteroatoms. The van der Waals surface area contributed by atoms with E-state index in [4.69, 9.17) is 0 Å². The van der Waals surface area contributed by atoms with Gasteiger partial charge in [-0.15, -0.1) is 0 Å². The Bertz CT molecular complexity index is 524. The normalized spacial score (nSPS) is 59.2. The van der Waals surface area contributed by atoms with E-state index in [-0.39, 0.29) is 11.3 Å². The third-order valence-electron chi connectivity index (χ3n) is 9.37. The molecular weight excluding hydrogens is 284 g/mol. The number of hydrogen-bond donors (Lipinski definition) is 1. The van der Waals surface area contributed by atoms with Crippen molar-refractivity contribution >= 4 is 5.78 Å². The molecule has 4 unspecified atom stereocenters. The summed E-state index contributed by atoms with van der Waals surface area (Å²) in [5, 5.41) is 11.0. The van der Waals surface area contributed by atoms with Gasteiger partial charge in [0.2, 0.25) is 0 Å². The topological polar surface area (TPSA) is 37.3 Å². The lowest BCUT2D eigenvalue weighted by molar-refractivity contribution is -0.158. The molecule has 0 spiro atoms. The lowest BCUT2D eigenvalue weighted by Gasteiger charge is -2.61. The van der Waals surface area contributed by atoms with Crippen molar-refractivity contribution in [2.75, 3.05) is 0 Å². The maximum Gasteiger partial charge on any atom is 0.136 e. The van der Waals surface area contributed by atoms with Crippen molar-refractivity contribution in [1.29, 1.82) is 0 Å². The molecule has 0 saturated heterocycles. The van der Waals surface area contributed by atoms with Crippen molar-refractivity contribution in [3.05, 3.63) is 0 Å². The summed E-state index contributed by atoms with van der Waals surface area (Å²) in [5.74, 6) is 3.65. The molecule has 8 atom stereocenters. The van der Waals surface area contributed by atoms with Crippen LogP contribution in [0.25, 0.3) is 0 Å². The highest BCUT2D eigenvalue weighted by molar-refractivity contribution is 5.82. The summed E-state index contributed by atoms with van der Waals surface area (Å²) in [5.41, 5.74) is 0.00962. The van der Waals surface area contributed by atoms with Crippen LogP contribution in [0.5, 0.6) is 0 Å². The average molecular weight is 319 g/mol. The Morgan fingerprint density at radius 2 is 1.70 bits per heavy atom. The van der Waals surface area contributed by atoms with Crippen molar-refractivity contribution in [2.24, 2.45) is 40.4 Å². The van der Waals surface area contributed by atoms with Gasteiger partial charge in [-0.3, -0.25) is 4.79 Å². The first-order chi connectivity index (χ1) is 10.7. The first-order valence-corrected chi connectivity index (χ1v) is 9.94. The van der Waals surface area contributed by atoms with Crippen molar-refractivity contribution in [2.45, 2.75) is 84.7 Å². The van der Waals surface area contributed by atoms with Gasteiger partial charge in [0.15, 0.2) is 0 Å². The molecule has 0 aromatic heterocycles. The highest BCUT2D eigenvalue weighted by atomic mass is 16.3. The van der Waals surface area contributed by atoms with E-state index in [2.05, 4.69) is 27.7 Å². The standard InChI is InChI=1S/C21H34O2/c1-13-12-19(2)14(11-18(13)22)5-6-15-16(19)7-9-20(3)17(15)8-10-21(20,4)23/h13-17,23H,5-12H2,1-4H3/t13-,14?,15?,16?,17?,19+,20+,21+/m1/s1. The van der Waals surface area contributed by atoms with Gasteiger partial charge < -0.3 is 5.11 Å². The molecule has 4 aliphatic rings. The highest BCUT2D eigenvalue weighted by Gasteiger charge is 2.63. The number of fused-ring (bicyclic) bond motifs is 5. The van der Waals surface area contributed by atoms with Gasteiger partial charge in [-0.05, 0) is 86.4 Å². The molecule has 0 amide bonds. The van der Waals surface area contributed by atoms with Gasteiger partial charge in [0, 0.05) is 12.3 Å². The van der Waals surface area contributed by atoms with Crippen LogP contribution in [0.2, 0.25) is 0 Å². The molecule has 130 valence electrons. The predicted molar refractivity (Wildman–Crippen MR) is 91.9 cm³/mol. The number of rotatable bonds is 0. The molecule has 0 aromatic carbocycles. The smallest absolute Gasteiger partial charge is 0.136 e. The minimum Gasteiger partial charge on any atom is -0.390 e. The third kappa shape index (κ3) is 2.00. The van der Waals surface area contributed by atoms with Crippen molar-refractivity contribution in [1.82, 2.24) is 0 Å². The molecule has 2 nitrogen and oxygen atoms in total. The van der Waals surface area contributed by atoms with Crippen LogP contribution >= 0.6 is 0 Å². The van der Waals surface area contributed by atoms with Crippen LogP contribution in [0.1, 0.15) is 79.1 Å². The first kappa shape index (κ1) is 16.1. The summed E-state index contributed by atoms with van der Waals surface area (Å²) in [6, 6.07) is 0. The molecule has 1 N–H and O–H groups in total. The molecule has 4 aliphatic carbocycles. The van der Waals surface area contributed by atoms with Gasteiger partial charge >= 0.3 is 0 Å². The summed E-state index contributed by atoms with van der Waals surface area (Å²) < 4.78 is 0. The van der Waals surface area contributed by atoms with E-state index >= 15 is 0 Å². The van der Waals surface area contributed by atoms with Gasteiger partial charge in [0.25, 0.3) is 0 Å². The second kappa shape index (κ2) is 4.84. The van der Waals surface area contributed by atoms with E-state index in [1.807, 2.05) is 0 Å². The van der Waals surface area contributed by atoms with Crippen molar-refractivity contribution < 1.29 is 9.90 Å². The monoisotopic (exact) mass is 318 g/mol. The first-order valence-electron chi connectivity index (χ1n) is 9.94. The SMILES string of the molecule is C[C@@H]1C[C@@]2(C)C(CCC3C2CC[C@@]2(C)C3CC[C@]2(C)O)CC1=O.